The van der Waals surface area contributed by atoms with Crippen molar-refractivity contribution in [2.24, 2.45) is 0 Å². The predicted octanol–water partition coefficient (Wildman–Crippen LogP) is 1.51. The molecular formula is C22H21N5O5. The number of benzene rings is 2. The quantitative estimate of drug-likeness (QED) is 0.657. The maximum absolute atomic E-state index is 12.7. The minimum Gasteiger partial charge on any atom is -0.454 e. The number of rotatable bonds is 4. The van der Waals surface area contributed by atoms with Crippen LogP contribution in [0.15, 0.2) is 42.5 Å². The molecule has 0 spiro atoms. The van der Waals surface area contributed by atoms with E-state index in [-0.39, 0.29) is 37.0 Å². The SMILES string of the molecule is Cc1ccc(C(=O)N[C@H]2CO[C@H]3[C@@H]2OC[C@@H]3n2nnnc2-c2ccc3c(c2)OCO3)cc1. The molecule has 0 bridgehead atoms. The predicted molar refractivity (Wildman–Crippen MR) is 110 cm³/mol. The van der Waals surface area contributed by atoms with Crippen LogP contribution in [0.5, 0.6) is 11.5 Å². The lowest BCUT2D eigenvalue weighted by molar-refractivity contribution is 0.0615. The average Bonchev–Trinajstić information content (AvgIpc) is 3.58. The lowest BCUT2D eigenvalue weighted by atomic mass is 10.0. The molecular weight excluding hydrogens is 414 g/mol. The minimum absolute atomic E-state index is 0.144. The van der Waals surface area contributed by atoms with E-state index >= 15 is 0 Å². The van der Waals surface area contributed by atoms with E-state index in [2.05, 4.69) is 20.8 Å². The molecule has 6 rings (SSSR count). The van der Waals surface area contributed by atoms with E-state index in [9.17, 15) is 4.79 Å². The summed E-state index contributed by atoms with van der Waals surface area (Å²) in [6.07, 6.45) is -0.544. The summed E-state index contributed by atoms with van der Waals surface area (Å²) < 4.78 is 24.7. The third-order valence-corrected chi connectivity index (χ3v) is 6.10. The normalized spacial score (nSPS) is 25.7. The first-order valence-electron chi connectivity index (χ1n) is 10.5. The molecule has 32 heavy (non-hydrogen) atoms. The van der Waals surface area contributed by atoms with Gasteiger partial charge in [0.1, 0.15) is 18.2 Å². The second kappa shape index (κ2) is 7.57. The Hall–Kier alpha value is -3.50. The van der Waals surface area contributed by atoms with E-state index in [1.807, 2.05) is 49.4 Å². The summed E-state index contributed by atoms with van der Waals surface area (Å²) in [5.41, 5.74) is 2.52. The number of tetrazole rings is 1. The van der Waals surface area contributed by atoms with Crippen molar-refractivity contribution in [2.45, 2.75) is 31.2 Å². The molecule has 2 fully saturated rings. The summed E-state index contributed by atoms with van der Waals surface area (Å²) in [6.45, 7) is 2.94. The maximum atomic E-state index is 12.7. The summed E-state index contributed by atoms with van der Waals surface area (Å²) in [5.74, 6) is 1.81. The third kappa shape index (κ3) is 3.19. The molecule has 0 radical (unpaired) electrons. The van der Waals surface area contributed by atoms with Crippen LogP contribution in [-0.4, -0.2) is 64.4 Å². The highest BCUT2D eigenvalue weighted by molar-refractivity contribution is 5.94. The summed E-state index contributed by atoms with van der Waals surface area (Å²) in [7, 11) is 0. The lowest BCUT2D eigenvalue weighted by Crippen LogP contribution is -2.44. The van der Waals surface area contributed by atoms with Gasteiger partial charge in [-0.25, -0.2) is 4.68 Å². The Morgan fingerprint density at radius 1 is 1.03 bits per heavy atom. The number of nitrogens with zero attached hydrogens (tertiary/aromatic N) is 4. The number of aromatic nitrogens is 4. The van der Waals surface area contributed by atoms with Crippen molar-refractivity contribution in [3.05, 3.63) is 53.6 Å². The molecule has 4 heterocycles. The van der Waals surface area contributed by atoms with Crippen molar-refractivity contribution in [1.82, 2.24) is 25.5 Å². The molecule has 1 aromatic heterocycles. The van der Waals surface area contributed by atoms with Gasteiger partial charge in [0.25, 0.3) is 5.91 Å². The molecule has 3 aromatic rings. The molecule has 3 aliphatic heterocycles. The topological polar surface area (TPSA) is 110 Å². The van der Waals surface area contributed by atoms with Crippen LogP contribution in [0.4, 0.5) is 0 Å². The molecule has 0 unspecified atom stereocenters. The van der Waals surface area contributed by atoms with Crippen molar-refractivity contribution in [2.75, 3.05) is 20.0 Å². The fourth-order valence-electron chi connectivity index (χ4n) is 4.41. The number of hydrogen-bond donors (Lipinski definition) is 1. The summed E-state index contributed by atoms with van der Waals surface area (Å²) in [6, 6.07) is 12.6. The molecule has 1 N–H and O–H groups in total. The van der Waals surface area contributed by atoms with Gasteiger partial charge in [0.05, 0.1) is 19.3 Å². The molecule has 10 heteroatoms. The van der Waals surface area contributed by atoms with Crippen LogP contribution in [-0.2, 0) is 9.47 Å². The van der Waals surface area contributed by atoms with Crippen LogP contribution in [0.1, 0.15) is 22.0 Å². The number of carbonyl (C=O) groups excluding carboxylic acids is 1. The standard InChI is InChI=1S/C22H21N5O5/c1-12-2-4-13(5-3-12)22(28)23-15-9-29-20-16(10-30-19(15)20)27-21(24-25-26-27)14-6-7-17-18(8-14)32-11-31-17/h2-8,15-16,19-20H,9-11H2,1H3,(H,23,28)/t15-,16-,19+,20+/m0/s1. The van der Waals surface area contributed by atoms with Crippen molar-refractivity contribution in [1.29, 1.82) is 0 Å². The summed E-state index contributed by atoms with van der Waals surface area (Å²) in [5, 5.41) is 15.3. The van der Waals surface area contributed by atoms with Crippen LogP contribution in [0.3, 0.4) is 0 Å². The van der Waals surface area contributed by atoms with Crippen molar-refractivity contribution in [3.8, 4) is 22.9 Å². The highest BCUT2D eigenvalue weighted by Crippen LogP contribution is 2.38. The Morgan fingerprint density at radius 2 is 1.84 bits per heavy atom. The van der Waals surface area contributed by atoms with E-state index in [1.165, 1.54) is 0 Å². The molecule has 4 atom stereocenters. The number of hydrogen-bond acceptors (Lipinski definition) is 8. The van der Waals surface area contributed by atoms with Crippen molar-refractivity contribution in [3.63, 3.8) is 0 Å². The second-order valence-electron chi connectivity index (χ2n) is 8.12. The average molecular weight is 435 g/mol. The van der Waals surface area contributed by atoms with Crippen LogP contribution >= 0.6 is 0 Å². The Labute approximate surface area is 183 Å². The summed E-state index contributed by atoms with van der Waals surface area (Å²) >= 11 is 0. The van der Waals surface area contributed by atoms with Gasteiger partial charge in [-0.2, -0.15) is 0 Å². The number of fused-ring (bicyclic) bond motifs is 2. The Morgan fingerprint density at radius 3 is 2.72 bits per heavy atom. The zero-order valence-electron chi connectivity index (χ0n) is 17.3. The van der Waals surface area contributed by atoms with E-state index in [0.717, 1.165) is 11.1 Å². The van der Waals surface area contributed by atoms with E-state index in [1.54, 1.807) is 4.68 Å². The molecule has 2 saturated heterocycles. The van der Waals surface area contributed by atoms with Gasteiger partial charge in [-0.15, -0.1) is 5.10 Å². The molecule has 1 amide bonds. The van der Waals surface area contributed by atoms with Gasteiger partial charge < -0.3 is 24.3 Å². The number of amides is 1. The molecule has 164 valence electrons. The first-order valence-corrected chi connectivity index (χ1v) is 10.5. The second-order valence-corrected chi connectivity index (χ2v) is 8.12. The van der Waals surface area contributed by atoms with E-state index in [0.29, 0.717) is 36.1 Å². The van der Waals surface area contributed by atoms with Gasteiger partial charge in [0.15, 0.2) is 17.3 Å². The van der Waals surface area contributed by atoms with E-state index < -0.39 is 0 Å². The van der Waals surface area contributed by atoms with E-state index in [4.69, 9.17) is 18.9 Å². The Kier molecular flexibility index (Phi) is 4.54. The van der Waals surface area contributed by atoms with Crippen molar-refractivity contribution >= 4 is 5.91 Å². The van der Waals surface area contributed by atoms with Crippen LogP contribution in [0, 0.1) is 6.92 Å². The van der Waals surface area contributed by atoms with Crippen LogP contribution in [0.25, 0.3) is 11.4 Å². The largest absolute Gasteiger partial charge is 0.454 e. The highest BCUT2D eigenvalue weighted by Gasteiger charge is 2.50. The minimum atomic E-state index is -0.275. The number of ether oxygens (including phenoxy) is 4. The Balaban J connectivity index is 1.20. The fraction of sp³-hybridized carbons (Fsp3) is 0.364. The highest BCUT2D eigenvalue weighted by atomic mass is 16.7. The molecule has 10 nitrogen and oxygen atoms in total. The summed E-state index contributed by atoms with van der Waals surface area (Å²) in [4.78, 5) is 12.7. The van der Waals surface area contributed by atoms with Gasteiger partial charge in [-0.05, 0) is 47.7 Å². The maximum Gasteiger partial charge on any atom is 0.251 e. The fourth-order valence-corrected chi connectivity index (χ4v) is 4.41. The molecule has 0 aliphatic carbocycles. The van der Waals surface area contributed by atoms with Gasteiger partial charge in [-0.3, -0.25) is 4.79 Å². The zero-order chi connectivity index (χ0) is 21.7. The van der Waals surface area contributed by atoms with Crippen molar-refractivity contribution < 1.29 is 23.7 Å². The molecule has 2 aromatic carbocycles. The number of aryl methyl sites for hydroxylation is 1. The monoisotopic (exact) mass is 435 g/mol. The van der Waals surface area contributed by atoms with Crippen LogP contribution < -0.4 is 14.8 Å². The van der Waals surface area contributed by atoms with Crippen LogP contribution in [0.2, 0.25) is 0 Å². The first kappa shape index (κ1) is 19.2. The number of carbonyl (C=O) groups is 1. The first-order chi connectivity index (χ1) is 15.7. The lowest BCUT2D eigenvalue weighted by Gasteiger charge is -2.18. The molecule has 3 aliphatic rings. The Bertz CT molecular complexity index is 1160. The number of nitrogens with one attached hydrogen (secondary N) is 1. The van der Waals surface area contributed by atoms with Gasteiger partial charge in [0, 0.05) is 11.1 Å². The van der Waals surface area contributed by atoms with Gasteiger partial charge >= 0.3 is 0 Å². The molecule has 0 saturated carbocycles. The zero-order valence-corrected chi connectivity index (χ0v) is 17.3. The van der Waals surface area contributed by atoms with Gasteiger partial charge in [0.2, 0.25) is 6.79 Å². The smallest absolute Gasteiger partial charge is 0.251 e. The third-order valence-electron chi connectivity index (χ3n) is 6.10. The van der Waals surface area contributed by atoms with Gasteiger partial charge in [-0.1, -0.05) is 17.7 Å².